The number of rotatable bonds is 10. The van der Waals surface area contributed by atoms with Crippen LogP contribution < -0.4 is 9.47 Å². The molecule has 3 rings (SSSR count). The molecule has 0 unspecified atom stereocenters. The van der Waals surface area contributed by atoms with Gasteiger partial charge in [-0.3, -0.25) is 9.59 Å². The van der Waals surface area contributed by atoms with Crippen molar-refractivity contribution in [3.8, 4) is 22.1 Å². The molecule has 0 aliphatic carbocycles. The topological polar surface area (TPSA) is 74.7 Å². The van der Waals surface area contributed by atoms with Gasteiger partial charge in [-0.1, -0.05) is 6.07 Å². The molecule has 1 aromatic carbocycles. The first-order valence-electron chi connectivity index (χ1n) is 9.08. The standard InChI is InChI=1S/C21H21NO5S2/c1-3-26-17-8-6-14(11-18(17)25-2)21-22-15(13-29-21)12-27-20(24)9-7-16(23)19-5-4-10-28-19/h4-6,8,10-11,13H,3,7,9,12H2,1-2H3. The summed E-state index contributed by atoms with van der Waals surface area (Å²) in [6.45, 7) is 2.55. The number of hydrogen-bond donors (Lipinski definition) is 0. The van der Waals surface area contributed by atoms with Gasteiger partial charge in [0.1, 0.15) is 11.6 Å². The van der Waals surface area contributed by atoms with Crippen molar-refractivity contribution < 1.29 is 23.8 Å². The zero-order chi connectivity index (χ0) is 20.6. The van der Waals surface area contributed by atoms with Gasteiger partial charge in [-0.25, -0.2) is 4.98 Å². The van der Waals surface area contributed by atoms with Gasteiger partial charge >= 0.3 is 5.97 Å². The van der Waals surface area contributed by atoms with Crippen molar-refractivity contribution >= 4 is 34.4 Å². The lowest BCUT2D eigenvalue weighted by Crippen LogP contribution is -2.07. The van der Waals surface area contributed by atoms with Crippen molar-refractivity contribution in [3.63, 3.8) is 0 Å². The fraction of sp³-hybridized carbons (Fsp3) is 0.286. The highest BCUT2D eigenvalue weighted by atomic mass is 32.1. The number of nitrogens with zero attached hydrogens (tertiary/aromatic N) is 1. The summed E-state index contributed by atoms with van der Waals surface area (Å²) in [6, 6.07) is 9.21. The normalized spacial score (nSPS) is 10.6. The van der Waals surface area contributed by atoms with Gasteiger partial charge in [-0.15, -0.1) is 22.7 Å². The number of benzene rings is 1. The fourth-order valence-electron chi connectivity index (χ4n) is 2.58. The minimum atomic E-state index is -0.410. The maximum Gasteiger partial charge on any atom is 0.306 e. The monoisotopic (exact) mass is 431 g/mol. The Morgan fingerprint density at radius 2 is 1.97 bits per heavy atom. The predicted molar refractivity (Wildman–Crippen MR) is 113 cm³/mol. The third-order valence-electron chi connectivity index (χ3n) is 4.00. The van der Waals surface area contributed by atoms with E-state index in [1.807, 2.05) is 41.9 Å². The molecule has 29 heavy (non-hydrogen) atoms. The summed E-state index contributed by atoms with van der Waals surface area (Å²) in [5.74, 6) is 0.869. The number of ether oxygens (including phenoxy) is 3. The van der Waals surface area contributed by atoms with Crippen molar-refractivity contribution in [3.05, 3.63) is 51.7 Å². The molecule has 0 saturated carbocycles. The van der Waals surface area contributed by atoms with Crippen molar-refractivity contribution in [1.82, 2.24) is 4.98 Å². The number of thiazole rings is 1. The van der Waals surface area contributed by atoms with Crippen LogP contribution in [0.3, 0.4) is 0 Å². The molecule has 3 aromatic rings. The summed E-state index contributed by atoms with van der Waals surface area (Å²) < 4.78 is 16.2. The molecular formula is C21H21NO5S2. The van der Waals surface area contributed by atoms with Crippen LogP contribution in [0, 0.1) is 0 Å². The molecular weight excluding hydrogens is 410 g/mol. The Morgan fingerprint density at radius 3 is 2.69 bits per heavy atom. The van der Waals surface area contributed by atoms with Gasteiger partial charge < -0.3 is 14.2 Å². The summed E-state index contributed by atoms with van der Waals surface area (Å²) in [5.41, 5.74) is 1.56. The smallest absolute Gasteiger partial charge is 0.306 e. The SMILES string of the molecule is CCOc1ccc(-c2nc(COC(=O)CCC(=O)c3cccs3)cs2)cc1OC. The number of ketones is 1. The summed E-state index contributed by atoms with van der Waals surface area (Å²) in [6.07, 6.45) is 0.206. The number of carbonyl (C=O) groups excluding carboxylic acids is 2. The van der Waals surface area contributed by atoms with Gasteiger partial charge in [0.05, 0.1) is 30.7 Å². The van der Waals surface area contributed by atoms with Crippen molar-refractivity contribution in [2.75, 3.05) is 13.7 Å². The molecule has 0 spiro atoms. The first kappa shape index (κ1) is 21.0. The Kier molecular flexibility index (Phi) is 7.37. The molecule has 152 valence electrons. The summed E-state index contributed by atoms with van der Waals surface area (Å²) >= 11 is 2.83. The number of aromatic nitrogens is 1. The molecule has 8 heteroatoms. The van der Waals surface area contributed by atoms with E-state index in [0.29, 0.717) is 28.7 Å². The molecule has 0 N–H and O–H groups in total. The first-order chi connectivity index (χ1) is 14.1. The Hall–Kier alpha value is -2.71. The molecule has 0 atom stereocenters. The van der Waals surface area contributed by atoms with Crippen LogP contribution in [0.25, 0.3) is 10.6 Å². The molecule has 0 amide bonds. The van der Waals surface area contributed by atoms with E-state index >= 15 is 0 Å². The molecule has 6 nitrogen and oxygen atoms in total. The lowest BCUT2D eigenvalue weighted by Gasteiger charge is -2.09. The van der Waals surface area contributed by atoms with E-state index in [-0.39, 0.29) is 25.2 Å². The lowest BCUT2D eigenvalue weighted by molar-refractivity contribution is -0.145. The summed E-state index contributed by atoms with van der Waals surface area (Å²) in [7, 11) is 1.59. The maximum atomic E-state index is 11.9. The van der Waals surface area contributed by atoms with Gasteiger partial charge in [-0.05, 0) is 36.6 Å². The van der Waals surface area contributed by atoms with Crippen molar-refractivity contribution in [1.29, 1.82) is 0 Å². The average molecular weight is 432 g/mol. The zero-order valence-electron chi connectivity index (χ0n) is 16.2. The van der Waals surface area contributed by atoms with Crippen LogP contribution in [0.4, 0.5) is 0 Å². The average Bonchev–Trinajstić information content (AvgIpc) is 3.43. The Labute approximate surface area is 177 Å². The first-order valence-corrected chi connectivity index (χ1v) is 10.8. The van der Waals surface area contributed by atoms with E-state index in [4.69, 9.17) is 14.2 Å². The van der Waals surface area contributed by atoms with E-state index in [1.54, 1.807) is 13.2 Å². The third-order valence-corrected chi connectivity index (χ3v) is 5.85. The lowest BCUT2D eigenvalue weighted by atomic mass is 10.2. The number of esters is 1. The largest absolute Gasteiger partial charge is 0.493 e. The van der Waals surface area contributed by atoms with Crippen LogP contribution in [0.15, 0.2) is 41.1 Å². The number of thiophene rings is 1. The maximum absolute atomic E-state index is 11.9. The van der Waals surface area contributed by atoms with Crippen LogP contribution >= 0.6 is 22.7 Å². The fourth-order valence-corrected chi connectivity index (χ4v) is 4.08. The Balaban J connectivity index is 1.53. The van der Waals surface area contributed by atoms with E-state index < -0.39 is 5.97 Å². The molecule has 0 fully saturated rings. The van der Waals surface area contributed by atoms with Gasteiger partial charge in [-0.2, -0.15) is 0 Å². The highest BCUT2D eigenvalue weighted by Gasteiger charge is 2.13. The second-order valence-electron chi connectivity index (χ2n) is 6.00. The van der Waals surface area contributed by atoms with E-state index in [0.717, 1.165) is 10.6 Å². The highest BCUT2D eigenvalue weighted by Crippen LogP contribution is 2.33. The second kappa shape index (κ2) is 10.2. The quantitative estimate of drug-likeness (QED) is 0.333. The van der Waals surface area contributed by atoms with E-state index in [9.17, 15) is 9.59 Å². The highest BCUT2D eigenvalue weighted by molar-refractivity contribution is 7.13. The Bertz CT molecular complexity index is 965. The molecule has 2 heterocycles. The van der Waals surface area contributed by atoms with Crippen molar-refractivity contribution in [2.24, 2.45) is 0 Å². The molecule has 0 saturated heterocycles. The zero-order valence-corrected chi connectivity index (χ0v) is 17.8. The minimum absolute atomic E-state index is 0.0441. The van der Waals surface area contributed by atoms with E-state index in [2.05, 4.69) is 4.98 Å². The Morgan fingerprint density at radius 1 is 1.10 bits per heavy atom. The van der Waals surface area contributed by atoms with Crippen LogP contribution in [0.1, 0.15) is 35.1 Å². The summed E-state index contributed by atoms with van der Waals surface area (Å²) in [4.78, 5) is 29.0. The van der Waals surface area contributed by atoms with Gasteiger partial charge in [0.15, 0.2) is 17.3 Å². The van der Waals surface area contributed by atoms with Gasteiger partial charge in [0, 0.05) is 17.4 Å². The minimum Gasteiger partial charge on any atom is -0.493 e. The van der Waals surface area contributed by atoms with E-state index in [1.165, 1.54) is 22.7 Å². The van der Waals surface area contributed by atoms with Crippen LogP contribution in [-0.4, -0.2) is 30.5 Å². The van der Waals surface area contributed by atoms with Crippen molar-refractivity contribution in [2.45, 2.75) is 26.4 Å². The van der Waals surface area contributed by atoms with Crippen LogP contribution in [0.2, 0.25) is 0 Å². The molecule has 0 radical (unpaired) electrons. The molecule has 0 bridgehead atoms. The third kappa shape index (κ3) is 5.65. The second-order valence-corrected chi connectivity index (χ2v) is 7.81. The number of carbonyl (C=O) groups is 2. The molecule has 0 aliphatic rings. The predicted octanol–water partition coefficient (Wildman–Crippen LogP) is 4.99. The number of hydrogen-bond acceptors (Lipinski definition) is 8. The number of Topliss-reactive ketones (excluding diaryl/α,β-unsaturated/α-hetero) is 1. The summed E-state index contributed by atoms with van der Waals surface area (Å²) in [5, 5.41) is 4.48. The van der Waals surface area contributed by atoms with Crippen LogP contribution in [0.5, 0.6) is 11.5 Å². The molecule has 0 aliphatic heterocycles. The van der Waals surface area contributed by atoms with Crippen LogP contribution in [-0.2, 0) is 16.1 Å². The van der Waals surface area contributed by atoms with Gasteiger partial charge in [0.2, 0.25) is 0 Å². The molecule has 2 aromatic heterocycles. The van der Waals surface area contributed by atoms with Gasteiger partial charge in [0.25, 0.3) is 0 Å². The number of methoxy groups -OCH3 is 1.